The Morgan fingerprint density at radius 3 is 2.60 bits per heavy atom. The Labute approximate surface area is 182 Å². The second kappa shape index (κ2) is 9.15. The predicted molar refractivity (Wildman–Crippen MR) is 118 cm³/mol. The van der Waals surface area contributed by atoms with Gasteiger partial charge in [-0.05, 0) is 42.8 Å². The number of ether oxygens (including phenoxy) is 2. The average Bonchev–Trinajstić information content (AvgIpc) is 3.32. The maximum Gasteiger partial charge on any atom is 0.250 e. The number of aromatic nitrogens is 3. The van der Waals surface area contributed by atoms with Crippen molar-refractivity contribution in [2.45, 2.75) is 12.8 Å². The van der Waals surface area contributed by atoms with Gasteiger partial charge in [0.1, 0.15) is 11.5 Å². The molecule has 2 aromatic heterocycles. The van der Waals surface area contributed by atoms with Crippen molar-refractivity contribution in [2.75, 3.05) is 19.0 Å². The summed E-state index contributed by atoms with van der Waals surface area (Å²) in [7, 11) is 1.62. The number of methoxy groups -OCH3 is 1. The number of hydrogen-bond donors (Lipinski definition) is 1. The number of hydrogen-bond acceptors (Lipinski definition) is 6. The van der Waals surface area contributed by atoms with Crippen LogP contribution in [0.3, 0.4) is 0 Å². The number of halogens is 1. The molecule has 1 amide bonds. The topological polar surface area (TPSA) is 77.8 Å². The van der Waals surface area contributed by atoms with E-state index in [-0.39, 0.29) is 11.9 Å². The molecular formula is C21H19ClN4O3S. The molecule has 0 aliphatic carbocycles. The summed E-state index contributed by atoms with van der Waals surface area (Å²) < 4.78 is 12.5. The fourth-order valence-electron chi connectivity index (χ4n) is 2.84. The summed E-state index contributed by atoms with van der Waals surface area (Å²) in [6.07, 6.45) is 0.892. The monoisotopic (exact) mass is 442 g/mol. The van der Waals surface area contributed by atoms with E-state index < -0.39 is 0 Å². The minimum Gasteiger partial charge on any atom is -0.497 e. The van der Waals surface area contributed by atoms with E-state index in [1.54, 1.807) is 11.6 Å². The van der Waals surface area contributed by atoms with Crippen LogP contribution in [-0.2, 0) is 4.79 Å². The third-order valence-electron chi connectivity index (χ3n) is 4.35. The molecule has 0 saturated heterocycles. The van der Waals surface area contributed by atoms with Crippen LogP contribution >= 0.6 is 22.9 Å². The largest absolute Gasteiger partial charge is 0.497 e. The molecule has 0 aliphatic heterocycles. The van der Waals surface area contributed by atoms with Crippen molar-refractivity contribution in [1.29, 1.82) is 0 Å². The number of nitrogens with zero attached hydrogens (tertiary/aromatic N) is 3. The molecule has 4 aromatic rings. The lowest BCUT2D eigenvalue weighted by atomic mass is 10.2. The summed E-state index contributed by atoms with van der Waals surface area (Å²) in [5.74, 6) is 1.65. The Kier molecular flexibility index (Phi) is 6.15. The Balaban J connectivity index is 1.30. The first kappa shape index (κ1) is 20.2. The van der Waals surface area contributed by atoms with Gasteiger partial charge in [-0.3, -0.25) is 10.1 Å². The standard InChI is InChI=1S/C21H19ClN4O3S/c1-28-16-8-10-17(11-9-16)29-12-2-3-19(27)23-20-24-21-26(25-20)18(13-30-21)14-4-6-15(22)7-5-14/h4-11,13H,2-3,12H2,1H3,(H,23,25,27). The molecule has 30 heavy (non-hydrogen) atoms. The Morgan fingerprint density at radius 2 is 1.87 bits per heavy atom. The molecule has 0 radical (unpaired) electrons. The summed E-state index contributed by atoms with van der Waals surface area (Å²) in [6, 6.07) is 14.8. The Hall–Kier alpha value is -3.10. The van der Waals surface area contributed by atoms with Gasteiger partial charge in [-0.1, -0.05) is 23.7 Å². The maximum atomic E-state index is 12.2. The SMILES string of the molecule is COc1ccc(OCCCC(=O)Nc2nc3scc(-c4ccc(Cl)cc4)n3n2)cc1. The van der Waals surface area contributed by atoms with Gasteiger partial charge in [0.25, 0.3) is 0 Å². The molecular weight excluding hydrogens is 424 g/mol. The quantitative estimate of drug-likeness (QED) is 0.392. The van der Waals surface area contributed by atoms with Crippen molar-refractivity contribution in [1.82, 2.24) is 14.6 Å². The van der Waals surface area contributed by atoms with Crippen LogP contribution in [0.5, 0.6) is 11.5 Å². The van der Waals surface area contributed by atoms with E-state index in [9.17, 15) is 4.79 Å². The summed E-state index contributed by atoms with van der Waals surface area (Å²) in [5.41, 5.74) is 1.87. The first-order chi connectivity index (χ1) is 14.6. The number of nitrogens with one attached hydrogen (secondary N) is 1. The molecule has 4 rings (SSSR count). The van der Waals surface area contributed by atoms with Crippen molar-refractivity contribution in [3.05, 3.63) is 58.9 Å². The molecule has 154 valence electrons. The van der Waals surface area contributed by atoms with Gasteiger partial charge in [0, 0.05) is 22.4 Å². The third kappa shape index (κ3) is 4.72. The van der Waals surface area contributed by atoms with E-state index in [1.165, 1.54) is 11.3 Å². The Morgan fingerprint density at radius 1 is 1.13 bits per heavy atom. The lowest BCUT2D eigenvalue weighted by molar-refractivity contribution is -0.116. The average molecular weight is 443 g/mol. The molecule has 2 heterocycles. The first-order valence-electron chi connectivity index (χ1n) is 9.29. The van der Waals surface area contributed by atoms with Crippen molar-refractivity contribution in [3.8, 4) is 22.8 Å². The lowest BCUT2D eigenvalue weighted by Crippen LogP contribution is -2.14. The smallest absolute Gasteiger partial charge is 0.250 e. The molecule has 0 spiro atoms. The molecule has 0 bridgehead atoms. The van der Waals surface area contributed by atoms with E-state index in [0.717, 1.165) is 22.8 Å². The van der Waals surface area contributed by atoms with Gasteiger partial charge < -0.3 is 9.47 Å². The van der Waals surface area contributed by atoms with Crippen molar-refractivity contribution >= 4 is 39.8 Å². The minimum absolute atomic E-state index is 0.153. The molecule has 0 fully saturated rings. The van der Waals surface area contributed by atoms with Crippen LogP contribution < -0.4 is 14.8 Å². The van der Waals surface area contributed by atoms with Gasteiger partial charge in [0.15, 0.2) is 0 Å². The second-order valence-corrected chi connectivity index (χ2v) is 7.71. The molecule has 9 heteroatoms. The molecule has 0 unspecified atom stereocenters. The fourth-order valence-corrected chi connectivity index (χ4v) is 3.79. The number of thiazole rings is 1. The van der Waals surface area contributed by atoms with E-state index in [0.29, 0.717) is 29.4 Å². The van der Waals surface area contributed by atoms with Gasteiger partial charge in [-0.25, -0.2) is 4.52 Å². The van der Waals surface area contributed by atoms with Crippen LogP contribution in [0.15, 0.2) is 53.9 Å². The number of carbonyl (C=O) groups excluding carboxylic acids is 1. The molecule has 0 aliphatic rings. The van der Waals surface area contributed by atoms with Gasteiger partial charge in [0.05, 0.1) is 19.4 Å². The number of rotatable bonds is 8. The first-order valence-corrected chi connectivity index (χ1v) is 10.5. The molecule has 7 nitrogen and oxygen atoms in total. The van der Waals surface area contributed by atoms with Crippen LogP contribution in [0.25, 0.3) is 16.2 Å². The summed E-state index contributed by atoms with van der Waals surface area (Å²) in [6.45, 7) is 0.437. The van der Waals surface area contributed by atoms with E-state index in [4.69, 9.17) is 21.1 Å². The summed E-state index contributed by atoms with van der Waals surface area (Å²) in [4.78, 5) is 17.3. The fraction of sp³-hybridized carbons (Fsp3) is 0.190. The van der Waals surface area contributed by atoms with Gasteiger partial charge in [0.2, 0.25) is 16.8 Å². The van der Waals surface area contributed by atoms with Crippen molar-refractivity contribution < 1.29 is 14.3 Å². The number of fused-ring (bicyclic) bond motifs is 1. The van der Waals surface area contributed by atoms with Crippen LogP contribution in [0, 0.1) is 0 Å². The summed E-state index contributed by atoms with van der Waals surface area (Å²) >= 11 is 7.42. The molecule has 0 saturated carbocycles. The normalized spacial score (nSPS) is 10.9. The highest BCUT2D eigenvalue weighted by Crippen LogP contribution is 2.27. The van der Waals surface area contributed by atoms with Gasteiger partial charge >= 0.3 is 0 Å². The third-order valence-corrected chi connectivity index (χ3v) is 5.42. The number of anilines is 1. The van der Waals surface area contributed by atoms with Gasteiger partial charge in [-0.2, -0.15) is 4.98 Å². The lowest BCUT2D eigenvalue weighted by Gasteiger charge is -2.06. The number of carbonyl (C=O) groups is 1. The number of benzene rings is 2. The maximum absolute atomic E-state index is 12.2. The van der Waals surface area contributed by atoms with E-state index in [1.807, 2.05) is 53.9 Å². The Bertz CT molecular complexity index is 1140. The van der Waals surface area contributed by atoms with E-state index in [2.05, 4.69) is 15.4 Å². The number of amides is 1. The zero-order chi connectivity index (χ0) is 20.9. The highest BCUT2D eigenvalue weighted by atomic mass is 35.5. The molecule has 0 atom stereocenters. The van der Waals surface area contributed by atoms with Crippen molar-refractivity contribution in [2.24, 2.45) is 0 Å². The zero-order valence-electron chi connectivity index (χ0n) is 16.2. The summed E-state index contributed by atoms with van der Waals surface area (Å²) in [5, 5.41) is 9.81. The van der Waals surface area contributed by atoms with Gasteiger partial charge in [-0.15, -0.1) is 16.4 Å². The van der Waals surface area contributed by atoms with Crippen LogP contribution in [0.2, 0.25) is 5.02 Å². The zero-order valence-corrected chi connectivity index (χ0v) is 17.7. The predicted octanol–water partition coefficient (Wildman–Crippen LogP) is 4.92. The molecule has 1 N–H and O–H groups in total. The second-order valence-electron chi connectivity index (χ2n) is 6.43. The minimum atomic E-state index is -0.153. The van der Waals surface area contributed by atoms with Crippen LogP contribution in [0.1, 0.15) is 12.8 Å². The van der Waals surface area contributed by atoms with E-state index >= 15 is 0 Å². The van der Waals surface area contributed by atoms with Crippen LogP contribution in [0.4, 0.5) is 5.95 Å². The highest BCUT2D eigenvalue weighted by Gasteiger charge is 2.13. The van der Waals surface area contributed by atoms with Crippen molar-refractivity contribution in [3.63, 3.8) is 0 Å². The van der Waals surface area contributed by atoms with Crippen LogP contribution in [-0.4, -0.2) is 34.2 Å². The highest BCUT2D eigenvalue weighted by molar-refractivity contribution is 7.15. The molecule has 2 aromatic carbocycles.